The Kier molecular flexibility index (Phi) is 6.06. The van der Waals surface area contributed by atoms with Gasteiger partial charge in [0.2, 0.25) is 5.95 Å². The number of aromatic nitrogens is 2. The van der Waals surface area contributed by atoms with Crippen molar-refractivity contribution < 1.29 is 14.6 Å². The van der Waals surface area contributed by atoms with Crippen molar-refractivity contribution in [2.45, 2.75) is 13.3 Å². The van der Waals surface area contributed by atoms with E-state index in [1.807, 2.05) is 37.3 Å². The molecule has 1 heterocycles. The van der Waals surface area contributed by atoms with Crippen molar-refractivity contribution in [3.63, 3.8) is 0 Å². The summed E-state index contributed by atoms with van der Waals surface area (Å²) in [7, 11) is 1.65. The standard InChI is InChI=1S/C21H22N4O3/c1-14-12-19(24-17-5-3-4-16(13-17)20(26)27)25-21(23-14)22-11-10-15-6-8-18(28-2)9-7-15/h3-9,12-13H,10-11H2,1-2H3,(H,26,27)(H2,22,23,24,25). The molecule has 28 heavy (non-hydrogen) atoms. The molecule has 3 rings (SSSR count). The van der Waals surface area contributed by atoms with E-state index < -0.39 is 5.97 Å². The molecule has 7 heteroatoms. The average molecular weight is 378 g/mol. The third kappa shape index (κ3) is 5.20. The highest BCUT2D eigenvalue weighted by Crippen LogP contribution is 2.18. The quantitative estimate of drug-likeness (QED) is 0.547. The van der Waals surface area contributed by atoms with Crippen LogP contribution in [0.4, 0.5) is 17.5 Å². The smallest absolute Gasteiger partial charge is 0.335 e. The summed E-state index contributed by atoms with van der Waals surface area (Å²) in [4.78, 5) is 20.0. The molecule has 0 fully saturated rings. The lowest BCUT2D eigenvalue weighted by atomic mass is 10.1. The molecular formula is C21H22N4O3. The van der Waals surface area contributed by atoms with Gasteiger partial charge in [0, 0.05) is 24.0 Å². The zero-order valence-electron chi connectivity index (χ0n) is 15.8. The van der Waals surface area contributed by atoms with Gasteiger partial charge in [-0.2, -0.15) is 4.98 Å². The summed E-state index contributed by atoms with van der Waals surface area (Å²) >= 11 is 0. The van der Waals surface area contributed by atoms with Crippen LogP contribution >= 0.6 is 0 Å². The van der Waals surface area contributed by atoms with Crippen LogP contribution in [0.3, 0.4) is 0 Å². The molecule has 0 saturated heterocycles. The van der Waals surface area contributed by atoms with Crippen LogP contribution in [0.25, 0.3) is 0 Å². The molecule has 0 spiro atoms. The molecule has 3 aromatic rings. The monoisotopic (exact) mass is 378 g/mol. The van der Waals surface area contributed by atoms with Crippen LogP contribution in [0.15, 0.2) is 54.6 Å². The Morgan fingerprint density at radius 3 is 2.61 bits per heavy atom. The van der Waals surface area contributed by atoms with Gasteiger partial charge in [0.15, 0.2) is 0 Å². The maximum absolute atomic E-state index is 11.1. The van der Waals surface area contributed by atoms with Gasteiger partial charge in [0.1, 0.15) is 11.6 Å². The van der Waals surface area contributed by atoms with Gasteiger partial charge in [0.25, 0.3) is 0 Å². The van der Waals surface area contributed by atoms with Gasteiger partial charge in [-0.3, -0.25) is 0 Å². The van der Waals surface area contributed by atoms with E-state index in [0.29, 0.717) is 24.0 Å². The summed E-state index contributed by atoms with van der Waals surface area (Å²) in [5.41, 5.74) is 2.86. The number of nitrogens with zero attached hydrogens (tertiary/aromatic N) is 2. The Bertz CT molecular complexity index is 958. The molecule has 2 aromatic carbocycles. The van der Waals surface area contributed by atoms with Crippen molar-refractivity contribution in [2.24, 2.45) is 0 Å². The average Bonchev–Trinajstić information content (AvgIpc) is 2.68. The summed E-state index contributed by atoms with van der Waals surface area (Å²) < 4.78 is 5.16. The summed E-state index contributed by atoms with van der Waals surface area (Å²) in [6, 6.07) is 16.3. The van der Waals surface area contributed by atoms with Crippen LogP contribution in [-0.4, -0.2) is 34.7 Å². The first-order valence-corrected chi connectivity index (χ1v) is 8.86. The molecule has 0 atom stereocenters. The van der Waals surface area contributed by atoms with Crippen LogP contribution < -0.4 is 15.4 Å². The summed E-state index contributed by atoms with van der Waals surface area (Å²) in [6.45, 7) is 2.57. The molecule has 3 N–H and O–H groups in total. The minimum Gasteiger partial charge on any atom is -0.497 e. The number of anilines is 3. The van der Waals surface area contributed by atoms with Crippen LogP contribution in [0.1, 0.15) is 21.6 Å². The predicted octanol–water partition coefficient (Wildman–Crippen LogP) is 3.89. The van der Waals surface area contributed by atoms with E-state index in [1.54, 1.807) is 31.4 Å². The van der Waals surface area contributed by atoms with Gasteiger partial charge >= 0.3 is 5.97 Å². The fraction of sp³-hybridized carbons (Fsp3) is 0.190. The Morgan fingerprint density at radius 1 is 1.11 bits per heavy atom. The zero-order valence-corrected chi connectivity index (χ0v) is 15.8. The molecule has 0 bridgehead atoms. The first kappa shape index (κ1) is 19.2. The molecule has 0 aliphatic carbocycles. The lowest BCUT2D eigenvalue weighted by Crippen LogP contribution is -2.09. The van der Waals surface area contributed by atoms with Crippen molar-refractivity contribution in [2.75, 3.05) is 24.3 Å². The number of carbonyl (C=O) groups is 1. The molecular weight excluding hydrogens is 356 g/mol. The fourth-order valence-corrected chi connectivity index (χ4v) is 2.70. The largest absolute Gasteiger partial charge is 0.497 e. The van der Waals surface area contributed by atoms with E-state index in [2.05, 4.69) is 20.6 Å². The van der Waals surface area contributed by atoms with Crippen LogP contribution in [0, 0.1) is 6.92 Å². The van der Waals surface area contributed by atoms with Gasteiger partial charge in [-0.05, 0) is 49.2 Å². The van der Waals surface area contributed by atoms with E-state index in [4.69, 9.17) is 9.84 Å². The molecule has 0 unspecified atom stereocenters. The molecule has 0 radical (unpaired) electrons. The number of hydrogen-bond acceptors (Lipinski definition) is 6. The number of nitrogens with one attached hydrogen (secondary N) is 2. The maximum atomic E-state index is 11.1. The Hall–Kier alpha value is -3.61. The normalized spacial score (nSPS) is 10.4. The number of carboxylic acids is 1. The molecule has 144 valence electrons. The minimum absolute atomic E-state index is 0.216. The second kappa shape index (κ2) is 8.85. The van der Waals surface area contributed by atoms with E-state index >= 15 is 0 Å². The highest BCUT2D eigenvalue weighted by atomic mass is 16.5. The lowest BCUT2D eigenvalue weighted by Gasteiger charge is -2.10. The first-order chi connectivity index (χ1) is 13.5. The van der Waals surface area contributed by atoms with Crippen LogP contribution in [0.2, 0.25) is 0 Å². The predicted molar refractivity (Wildman–Crippen MR) is 109 cm³/mol. The van der Waals surface area contributed by atoms with Gasteiger partial charge < -0.3 is 20.5 Å². The number of methoxy groups -OCH3 is 1. The van der Waals surface area contributed by atoms with Gasteiger partial charge in [-0.15, -0.1) is 0 Å². The van der Waals surface area contributed by atoms with Crippen molar-refractivity contribution >= 4 is 23.4 Å². The minimum atomic E-state index is -0.969. The van der Waals surface area contributed by atoms with Crippen LogP contribution in [-0.2, 0) is 6.42 Å². The highest BCUT2D eigenvalue weighted by Gasteiger charge is 2.06. The number of aromatic carboxylic acids is 1. The molecule has 0 aliphatic heterocycles. The van der Waals surface area contributed by atoms with Gasteiger partial charge in [-0.25, -0.2) is 9.78 Å². The lowest BCUT2D eigenvalue weighted by molar-refractivity contribution is 0.0697. The van der Waals surface area contributed by atoms with Gasteiger partial charge in [-0.1, -0.05) is 18.2 Å². The molecule has 0 amide bonds. The van der Waals surface area contributed by atoms with E-state index in [-0.39, 0.29) is 5.56 Å². The van der Waals surface area contributed by atoms with Crippen LogP contribution in [0.5, 0.6) is 5.75 Å². The number of benzene rings is 2. The summed E-state index contributed by atoms with van der Waals surface area (Å²) in [5.74, 6) is 0.984. The topological polar surface area (TPSA) is 96.4 Å². The Morgan fingerprint density at radius 2 is 1.89 bits per heavy atom. The summed E-state index contributed by atoms with van der Waals surface area (Å²) in [5, 5.41) is 15.5. The third-order valence-electron chi connectivity index (χ3n) is 4.09. The Balaban J connectivity index is 1.64. The second-order valence-electron chi connectivity index (χ2n) is 6.25. The maximum Gasteiger partial charge on any atom is 0.335 e. The van der Waals surface area contributed by atoms with E-state index in [9.17, 15) is 4.79 Å². The highest BCUT2D eigenvalue weighted by molar-refractivity contribution is 5.89. The molecule has 1 aromatic heterocycles. The Labute approximate surface area is 163 Å². The molecule has 7 nitrogen and oxygen atoms in total. The number of aryl methyl sites for hydroxylation is 1. The van der Waals surface area contributed by atoms with Crippen molar-refractivity contribution in [3.05, 3.63) is 71.4 Å². The number of carboxylic acid groups (broad SMARTS) is 1. The van der Waals surface area contributed by atoms with E-state index in [0.717, 1.165) is 17.9 Å². The first-order valence-electron chi connectivity index (χ1n) is 8.86. The number of hydrogen-bond donors (Lipinski definition) is 3. The molecule has 0 aliphatic rings. The van der Waals surface area contributed by atoms with Gasteiger partial charge in [0.05, 0.1) is 12.7 Å². The fourth-order valence-electron chi connectivity index (χ4n) is 2.70. The van der Waals surface area contributed by atoms with E-state index in [1.165, 1.54) is 5.56 Å². The molecule has 0 saturated carbocycles. The van der Waals surface area contributed by atoms with Crippen molar-refractivity contribution in [1.29, 1.82) is 0 Å². The number of ether oxygens (including phenoxy) is 1. The van der Waals surface area contributed by atoms with Crippen molar-refractivity contribution in [3.8, 4) is 5.75 Å². The SMILES string of the molecule is COc1ccc(CCNc2nc(C)cc(Nc3cccc(C(=O)O)c3)n2)cc1. The zero-order chi connectivity index (χ0) is 19.9. The third-order valence-corrected chi connectivity index (χ3v) is 4.09. The number of rotatable bonds is 8. The summed E-state index contributed by atoms with van der Waals surface area (Å²) in [6.07, 6.45) is 0.824. The second-order valence-corrected chi connectivity index (χ2v) is 6.25. The van der Waals surface area contributed by atoms with Crippen molar-refractivity contribution in [1.82, 2.24) is 9.97 Å².